The number of ether oxygens (including phenoxy) is 2. The molecule has 6 aromatic rings. The average molecular weight is 613 g/mol. The largest absolute Gasteiger partial charge is 0.465 e. The number of benzene rings is 4. The molecule has 0 bridgehead atoms. The molecule has 0 aliphatic carbocycles. The summed E-state index contributed by atoms with van der Waals surface area (Å²) in [6.07, 6.45) is 0.855. The molecule has 6 rings (SSSR count). The van der Waals surface area contributed by atoms with Gasteiger partial charge in [0, 0.05) is 13.5 Å². The summed E-state index contributed by atoms with van der Waals surface area (Å²) >= 11 is 0. The van der Waals surface area contributed by atoms with Crippen molar-refractivity contribution < 1.29 is 23.9 Å². The number of methoxy groups -OCH3 is 1. The summed E-state index contributed by atoms with van der Waals surface area (Å²) in [5.41, 5.74) is 4.75. The minimum atomic E-state index is -0.715. The summed E-state index contributed by atoms with van der Waals surface area (Å²) in [6.45, 7) is 1.67. The number of hydrogen-bond donors (Lipinski definition) is 1. The summed E-state index contributed by atoms with van der Waals surface area (Å²) in [4.78, 5) is 52.6. The molecule has 0 spiro atoms. The van der Waals surface area contributed by atoms with Gasteiger partial charge in [-0.2, -0.15) is 9.97 Å². The number of rotatable bonds is 8. The van der Waals surface area contributed by atoms with Crippen molar-refractivity contribution in [2.45, 2.75) is 13.5 Å². The van der Waals surface area contributed by atoms with Crippen LogP contribution in [0.5, 0.6) is 5.88 Å². The molecule has 0 saturated carbocycles. The highest BCUT2D eigenvalue weighted by molar-refractivity contribution is 5.99. The highest BCUT2D eigenvalue weighted by atomic mass is 16.6. The lowest BCUT2D eigenvalue weighted by Crippen LogP contribution is -2.29. The SMILES string of the molecule is COC(=O)c1ccccc1-c1ccc(Cn2cnc3nc(NC(C)=O)nc(OC(=O)N(c4ccccc4)c4ccccc4)c32)cc1. The summed E-state index contributed by atoms with van der Waals surface area (Å²) in [5.74, 6) is -0.923. The molecule has 0 atom stereocenters. The van der Waals surface area contributed by atoms with Crippen LogP contribution in [0.25, 0.3) is 22.3 Å². The van der Waals surface area contributed by atoms with E-state index in [1.807, 2.05) is 72.8 Å². The number of aromatic nitrogens is 4. The molecular weight excluding hydrogens is 584 g/mol. The normalized spacial score (nSPS) is 10.7. The zero-order valence-electron chi connectivity index (χ0n) is 25.0. The van der Waals surface area contributed by atoms with Crippen molar-refractivity contribution in [1.82, 2.24) is 19.5 Å². The van der Waals surface area contributed by atoms with Crippen LogP contribution in [-0.2, 0) is 16.1 Å². The van der Waals surface area contributed by atoms with Crippen LogP contribution in [0, 0.1) is 0 Å². The van der Waals surface area contributed by atoms with Crippen LogP contribution in [0.4, 0.5) is 22.1 Å². The van der Waals surface area contributed by atoms with Crippen molar-refractivity contribution in [2.24, 2.45) is 0 Å². The van der Waals surface area contributed by atoms with Crippen molar-refractivity contribution >= 4 is 46.5 Å². The first-order valence-electron chi connectivity index (χ1n) is 14.3. The smallest absolute Gasteiger partial charge is 0.425 e. The number of amides is 2. The van der Waals surface area contributed by atoms with Gasteiger partial charge in [-0.05, 0) is 47.0 Å². The van der Waals surface area contributed by atoms with Crippen LogP contribution in [-0.4, -0.2) is 44.6 Å². The molecule has 0 aliphatic heterocycles. The first-order valence-corrected chi connectivity index (χ1v) is 14.3. The van der Waals surface area contributed by atoms with Gasteiger partial charge in [-0.3, -0.25) is 10.1 Å². The van der Waals surface area contributed by atoms with Gasteiger partial charge in [0.2, 0.25) is 11.9 Å². The molecule has 2 heterocycles. The summed E-state index contributed by atoms with van der Waals surface area (Å²) < 4.78 is 12.7. The predicted octanol–water partition coefficient (Wildman–Crippen LogP) is 6.62. The molecule has 11 heteroatoms. The third-order valence-corrected chi connectivity index (χ3v) is 7.07. The monoisotopic (exact) mass is 612 g/mol. The van der Waals surface area contributed by atoms with Gasteiger partial charge in [0.1, 0.15) is 0 Å². The Morgan fingerprint density at radius 1 is 0.804 bits per heavy atom. The van der Waals surface area contributed by atoms with Crippen LogP contribution >= 0.6 is 0 Å². The molecule has 0 saturated heterocycles. The number of esters is 1. The minimum absolute atomic E-state index is 0.0485. The zero-order chi connectivity index (χ0) is 32.0. The second-order valence-electron chi connectivity index (χ2n) is 10.2. The van der Waals surface area contributed by atoms with E-state index in [-0.39, 0.29) is 23.4 Å². The fourth-order valence-electron chi connectivity index (χ4n) is 5.00. The summed E-state index contributed by atoms with van der Waals surface area (Å²) in [7, 11) is 1.35. The first-order chi connectivity index (χ1) is 22.4. The standard InChI is InChI=1S/C35H28N6O5/c1-23(42)37-34-38-31-30(32(39-34)46-35(44)41(26-11-5-3-6-12-26)27-13-7-4-8-14-27)40(22-36-31)21-24-17-19-25(20-18-24)28-15-9-10-16-29(28)33(43)45-2/h3-20,22H,21H2,1-2H3,(H,37,38,39,42). The lowest BCUT2D eigenvalue weighted by atomic mass is 9.98. The number of fused-ring (bicyclic) bond motifs is 1. The number of para-hydroxylation sites is 2. The molecule has 0 fully saturated rings. The molecule has 4 aromatic carbocycles. The predicted molar refractivity (Wildman–Crippen MR) is 173 cm³/mol. The Bertz CT molecular complexity index is 1990. The van der Waals surface area contributed by atoms with E-state index in [4.69, 9.17) is 9.47 Å². The van der Waals surface area contributed by atoms with Crippen LogP contribution in [0.15, 0.2) is 116 Å². The van der Waals surface area contributed by atoms with Gasteiger partial charge in [0.05, 0.1) is 30.4 Å². The van der Waals surface area contributed by atoms with Crippen molar-refractivity contribution in [3.05, 3.63) is 127 Å². The number of carbonyl (C=O) groups is 3. The first kappa shape index (κ1) is 29.7. The number of imidazole rings is 1. The van der Waals surface area contributed by atoms with E-state index in [0.29, 0.717) is 29.0 Å². The van der Waals surface area contributed by atoms with Gasteiger partial charge in [-0.1, -0.05) is 78.9 Å². The van der Waals surface area contributed by atoms with Crippen molar-refractivity contribution in [3.8, 4) is 17.0 Å². The van der Waals surface area contributed by atoms with E-state index in [1.54, 1.807) is 47.3 Å². The van der Waals surface area contributed by atoms with E-state index >= 15 is 0 Å². The van der Waals surface area contributed by atoms with E-state index in [9.17, 15) is 14.4 Å². The lowest BCUT2D eigenvalue weighted by Gasteiger charge is -2.22. The molecule has 2 aromatic heterocycles. The highest BCUT2D eigenvalue weighted by Crippen LogP contribution is 2.30. The third kappa shape index (κ3) is 6.29. The number of carbonyl (C=O) groups excluding carboxylic acids is 3. The van der Waals surface area contributed by atoms with Crippen molar-refractivity contribution in [3.63, 3.8) is 0 Å². The Morgan fingerprint density at radius 2 is 1.43 bits per heavy atom. The molecule has 2 amide bonds. The maximum atomic E-state index is 13.8. The van der Waals surface area contributed by atoms with E-state index in [1.165, 1.54) is 18.9 Å². The molecule has 0 radical (unpaired) electrons. The van der Waals surface area contributed by atoms with Crippen molar-refractivity contribution in [1.29, 1.82) is 0 Å². The van der Waals surface area contributed by atoms with Gasteiger partial charge in [0.15, 0.2) is 11.2 Å². The summed E-state index contributed by atoms with van der Waals surface area (Å²) in [6, 6.07) is 33.1. The molecular formula is C35H28N6O5. The van der Waals surface area contributed by atoms with E-state index in [0.717, 1.165) is 16.7 Å². The van der Waals surface area contributed by atoms with Gasteiger partial charge in [0.25, 0.3) is 5.88 Å². The van der Waals surface area contributed by atoms with Crippen LogP contribution < -0.4 is 15.0 Å². The maximum absolute atomic E-state index is 13.8. The van der Waals surface area contributed by atoms with Gasteiger partial charge < -0.3 is 14.0 Å². The Morgan fingerprint density at radius 3 is 2.07 bits per heavy atom. The van der Waals surface area contributed by atoms with Crippen LogP contribution in [0.3, 0.4) is 0 Å². The third-order valence-electron chi connectivity index (χ3n) is 7.07. The lowest BCUT2D eigenvalue weighted by molar-refractivity contribution is -0.114. The number of nitrogens with zero attached hydrogens (tertiary/aromatic N) is 5. The quantitative estimate of drug-likeness (QED) is 0.190. The minimum Gasteiger partial charge on any atom is -0.465 e. The van der Waals surface area contributed by atoms with Gasteiger partial charge >= 0.3 is 12.1 Å². The van der Waals surface area contributed by atoms with Gasteiger partial charge in [-0.15, -0.1) is 0 Å². The van der Waals surface area contributed by atoms with Crippen molar-refractivity contribution in [2.75, 3.05) is 17.3 Å². The molecule has 11 nitrogen and oxygen atoms in total. The highest BCUT2D eigenvalue weighted by Gasteiger charge is 2.24. The topological polar surface area (TPSA) is 129 Å². The van der Waals surface area contributed by atoms with Crippen LogP contribution in [0.2, 0.25) is 0 Å². The molecule has 1 N–H and O–H groups in total. The Kier molecular flexibility index (Phi) is 8.46. The second-order valence-corrected chi connectivity index (χ2v) is 10.2. The van der Waals surface area contributed by atoms with E-state index < -0.39 is 12.1 Å². The molecule has 46 heavy (non-hydrogen) atoms. The Labute approximate surface area is 264 Å². The average Bonchev–Trinajstić information content (AvgIpc) is 3.48. The molecule has 228 valence electrons. The Hall–Kier alpha value is -6.36. The van der Waals surface area contributed by atoms with Gasteiger partial charge in [-0.25, -0.2) is 19.5 Å². The zero-order valence-corrected chi connectivity index (χ0v) is 25.0. The number of anilines is 3. The number of nitrogens with one attached hydrogen (secondary N) is 1. The fraction of sp³-hybridized carbons (Fsp3) is 0.0857. The number of hydrogen-bond acceptors (Lipinski definition) is 8. The maximum Gasteiger partial charge on any atom is 0.425 e. The second kappa shape index (κ2) is 13.1. The van der Waals surface area contributed by atoms with Crippen LogP contribution in [0.1, 0.15) is 22.8 Å². The van der Waals surface area contributed by atoms with E-state index in [2.05, 4.69) is 20.3 Å². The summed E-state index contributed by atoms with van der Waals surface area (Å²) in [5, 5.41) is 2.55. The Balaban J connectivity index is 1.35. The fourth-order valence-corrected chi connectivity index (χ4v) is 5.00. The molecule has 0 aliphatic rings. The molecule has 0 unspecified atom stereocenters.